The van der Waals surface area contributed by atoms with Gasteiger partial charge in [-0.1, -0.05) is 6.07 Å². The highest BCUT2D eigenvalue weighted by Crippen LogP contribution is 2.23. The molecule has 7 nitrogen and oxygen atoms in total. The van der Waals surface area contributed by atoms with E-state index in [2.05, 4.69) is 15.6 Å². The van der Waals surface area contributed by atoms with Gasteiger partial charge in [-0.15, -0.1) is 22.7 Å². The molecule has 9 heteroatoms. The third kappa shape index (κ3) is 4.62. The van der Waals surface area contributed by atoms with Crippen LogP contribution < -0.4 is 10.6 Å². The SMILES string of the molecule is Cc1nc(C(C)NC(=O)CCNC(=O)c2cccs2)sc1C(=O)O. The van der Waals surface area contributed by atoms with Crippen LogP contribution in [0.25, 0.3) is 0 Å². The molecule has 128 valence electrons. The fourth-order valence-electron chi connectivity index (χ4n) is 1.96. The van der Waals surface area contributed by atoms with Crippen LogP contribution in [0.4, 0.5) is 0 Å². The second-order valence-corrected chi connectivity index (χ2v) is 7.02. The maximum Gasteiger partial charge on any atom is 0.347 e. The summed E-state index contributed by atoms with van der Waals surface area (Å²) in [6, 6.07) is 3.12. The average molecular weight is 367 g/mol. The number of carboxylic acid groups (broad SMARTS) is 1. The number of aromatic nitrogens is 1. The first kappa shape index (κ1) is 18.1. The zero-order valence-electron chi connectivity index (χ0n) is 13.2. The van der Waals surface area contributed by atoms with Gasteiger partial charge in [0.2, 0.25) is 5.91 Å². The number of amides is 2. The number of carbonyl (C=O) groups is 3. The number of hydrogen-bond acceptors (Lipinski definition) is 6. The fraction of sp³-hybridized carbons (Fsp3) is 0.333. The van der Waals surface area contributed by atoms with E-state index in [1.165, 1.54) is 11.3 Å². The van der Waals surface area contributed by atoms with Crippen molar-refractivity contribution >= 4 is 40.5 Å². The second kappa shape index (κ2) is 8.02. The lowest BCUT2D eigenvalue weighted by molar-refractivity contribution is -0.121. The predicted molar refractivity (Wildman–Crippen MR) is 91.6 cm³/mol. The maximum absolute atomic E-state index is 11.9. The lowest BCUT2D eigenvalue weighted by atomic mass is 10.3. The minimum atomic E-state index is -1.02. The Labute approximate surface area is 146 Å². The highest BCUT2D eigenvalue weighted by Gasteiger charge is 2.19. The zero-order chi connectivity index (χ0) is 17.7. The quantitative estimate of drug-likeness (QED) is 0.695. The molecule has 0 saturated heterocycles. The van der Waals surface area contributed by atoms with Crippen LogP contribution in [0.2, 0.25) is 0 Å². The smallest absolute Gasteiger partial charge is 0.347 e. The number of aryl methyl sites for hydroxylation is 1. The van der Waals surface area contributed by atoms with Gasteiger partial charge in [-0.05, 0) is 25.3 Å². The molecule has 0 aliphatic carbocycles. The standard InChI is InChI=1S/C15H17N3O4S2/c1-8-12(15(21)22)24-14(18-8)9(2)17-11(19)5-6-16-13(20)10-4-3-7-23-10/h3-4,7,9H,5-6H2,1-2H3,(H,16,20)(H,17,19)(H,21,22). The van der Waals surface area contributed by atoms with Crippen molar-refractivity contribution in [2.24, 2.45) is 0 Å². The van der Waals surface area contributed by atoms with Crippen molar-refractivity contribution in [1.82, 2.24) is 15.6 Å². The molecular weight excluding hydrogens is 350 g/mol. The van der Waals surface area contributed by atoms with E-state index in [9.17, 15) is 14.4 Å². The van der Waals surface area contributed by atoms with Crippen molar-refractivity contribution in [3.8, 4) is 0 Å². The molecule has 0 aliphatic heterocycles. The monoisotopic (exact) mass is 367 g/mol. The summed E-state index contributed by atoms with van der Waals surface area (Å²) in [5.74, 6) is -1.46. The van der Waals surface area contributed by atoms with Gasteiger partial charge in [0.05, 0.1) is 16.6 Å². The van der Waals surface area contributed by atoms with Gasteiger partial charge in [0.15, 0.2) is 0 Å². The summed E-state index contributed by atoms with van der Waals surface area (Å²) >= 11 is 2.39. The van der Waals surface area contributed by atoms with Crippen LogP contribution in [0.5, 0.6) is 0 Å². The number of nitrogens with one attached hydrogen (secondary N) is 2. The molecule has 0 aliphatic rings. The molecular formula is C15H17N3O4S2. The van der Waals surface area contributed by atoms with E-state index in [4.69, 9.17) is 5.11 Å². The number of thiophene rings is 1. The van der Waals surface area contributed by atoms with Crippen LogP contribution >= 0.6 is 22.7 Å². The summed E-state index contributed by atoms with van der Waals surface area (Å²) in [5, 5.41) is 16.8. The number of rotatable bonds is 7. The normalized spacial score (nSPS) is 11.8. The lowest BCUT2D eigenvalue weighted by Crippen LogP contribution is -2.31. The number of nitrogens with zero attached hydrogens (tertiary/aromatic N) is 1. The molecule has 0 spiro atoms. The molecule has 2 aromatic rings. The minimum absolute atomic E-state index is 0.137. The molecule has 3 N–H and O–H groups in total. The molecule has 1 unspecified atom stereocenters. The first-order valence-electron chi connectivity index (χ1n) is 7.20. The summed E-state index contributed by atoms with van der Waals surface area (Å²) in [5.41, 5.74) is 0.437. The molecule has 2 aromatic heterocycles. The summed E-state index contributed by atoms with van der Waals surface area (Å²) in [4.78, 5) is 39.6. The lowest BCUT2D eigenvalue weighted by Gasteiger charge is -2.11. The average Bonchev–Trinajstić information content (AvgIpc) is 3.16. The van der Waals surface area contributed by atoms with Gasteiger partial charge in [0.1, 0.15) is 9.88 Å². The van der Waals surface area contributed by atoms with Gasteiger partial charge in [-0.3, -0.25) is 9.59 Å². The number of hydrogen-bond donors (Lipinski definition) is 3. The van der Waals surface area contributed by atoms with Gasteiger partial charge in [0.25, 0.3) is 5.91 Å². The number of aromatic carboxylic acids is 1. The first-order chi connectivity index (χ1) is 11.4. The Morgan fingerprint density at radius 2 is 2.12 bits per heavy atom. The van der Waals surface area contributed by atoms with Gasteiger partial charge in [0, 0.05) is 13.0 Å². The van der Waals surface area contributed by atoms with E-state index in [1.54, 1.807) is 26.0 Å². The molecule has 0 bridgehead atoms. The van der Waals surface area contributed by atoms with E-state index < -0.39 is 5.97 Å². The van der Waals surface area contributed by atoms with Gasteiger partial charge in [-0.25, -0.2) is 9.78 Å². The zero-order valence-corrected chi connectivity index (χ0v) is 14.8. The second-order valence-electron chi connectivity index (χ2n) is 5.04. The summed E-state index contributed by atoms with van der Waals surface area (Å²) < 4.78 is 0. The van der Waals surface area contributed by atoms with Crippen LogP contribution in [-0.4, -0.2) is 34.4 Å². The minimum Gasteiger partial charge on any atom is -0.477 e. The van der Waals surface area contributed by atoms with Gasteiger partial charge >= 0.3 is 5.97 Å². The Hall–Kier alpha value is -2.26. The number of thiazole rings is 1. The van der Waals surface area contributed by atoms with Crippen LogP contribution in [-0.2, 0) is 4.79 Å². The largest absolute Gasteiger partial charge is 0.477 e. The highest BCUT2D eigenvalue weighted by molar-refractivity contribution is 7.13. The third-order valence-electron chi connectivity index (χ3n) is 3.14. The van der Waals surface area contributed by atoms with Crippen molar-refractivity contribution in [2.45, 2.75) is 26.3 Å². The van der Waals surface area contributed by atoms with Crippen molar-refractivity contribution in [2.75, 3.05) is 6.54 Å². The van der Waals surface area contributed by atoms with Crippen LogP contribution in [0.15, 0.2) is 17.5 Å². The fourth-order valence-corrected chi connectivity index (χ4v) is 3.51. The van der Waals surface area contributed by atoms with Crippen molar-refractivity contribution in [3.05, 3.63) is 38.0 Å². The summed E-state index contributed by atoms with van der Waals surface area (Å²) in [6.07, 6.45) is 0.137. The Balaban J connectivity index is 1.80. The summed E-state index contributed by atoms with van der Waals surface area (Å²) in [6.45, 7) is 3.59. The molecule has 2 rings (SSSR count). The highest BCUT2D eigenvalue weighted by atomic mass is 32.1. The van der Waals surface area contributed by atoms with Crippen LogP contribution in [0.1, 0.15) is 49.4 Å². The summed E-state index contributed by atoms with van der Waals surface area (Å²) in [7, 11) is 0. The van der Waals surface area contributed by atoms with E-state index in [0.29, 0.717) is 15.6 Å². The van der Waals surface area contributed by atoms with Crippen LogP contribution in [0.3, 0.4) is 0 Å². The molecule has 24 heavy (non-hydrogen) atoms. The van der Waals surface area contributed by atoms with Crippen molar-refractivity contribution < 1.29 is 19.5 Å². The Kier molecular flexibility index (Phi) is 6.04. The van der Waals surface area contributed by atoms with E-state index in [1.807, 2.05) is 5.38 Å². The maximum atomic E-state index is 11.9. The molecule has 1 atom stereocenters. The Bertz CT molecular complexity index is 740. The number of carboxylic acids is 1. The molecule has 2 amide bonds. The Morgan fingerprint density at radius 3 is 2.71 bits per heavy atom. The van der Waals surface area contributed by atoms with Crippen LogP contribution in [0, 0.1) is 6.92 Å². The molecule has 0 aromatic carbocycles. The van der Waals surface area contributed by atoms with Gasteiger partial charge < -0.3 is 15.7 Å². The van der Waals surface area contributed by atoms with E-state index in [-0.39, 0.29) is 35.7 Å². The van der Waals surface area contributed by atoms with Crippen molar-refractivity contribution in [3.63, 3.8) is 0 Å². The van der Waals surface area contributed by atoms with Crippen molar-refractivity contribution in [1.29, 1.82) is 0 Å². The van der Waals surface area contributed by atoms with E-state index in [0.717, 1.165) is 11.3 Å². The van der Waals surface area contributed by atoms with E-state index >= 15 is 0 Å². The molecule has 0 fully saturated rings. The molecule has 0 saturated carbocycles. The molecule has 2 heterocycles. The number of carbonyl (C=O) groups excluding carboxylic acids is 2. The topological polar surface area (TPSA) is 108 Å². The third-order valence-corrected chi connectivity index (χ3v) is 5.33. The van der Waals surface area contributed by atoms with Gasteiger partial charge in [-0.2, -0.15) is 0 Å². The predicted octanol–water partition coefficient (Wildman–Crippen LogP) is 2.21. The first-order valence-corrected chi connectivity index (χ1v) is 8.89. The Morgan fingerprint density at radius 1 is 1.38 bits per heavy atom. The molecule has 0 radical (unpaired) electrons.